The molecule has 0 spiro atoms. The number of ether oxygens (including phenoxy) is 1. The average molecular weight is 246 g/mol. The molecule has 4 N–H and O–H groups in total. The number of nitrogens with one attached hydrogen (secondary N) is 2. The van der Waals surface area contributed by atoms with Crippen molar-refractivity contribution in [3.05, 3.63) is 0 Å². The fourth-order valence-electron chi connectivity index (χ4n) is 1.73. The van der Waals surface area contributed by atoms with Crippen LogP contribution in [0.2, 0.25) is 0 Å². The van der Waals surface area contributed by atoms with Crippen LogP contribution < -0.4 is 10.6 Å². The van der Waals surface area contributed by atoms with Gasteiger partial charge in [-0.05, 0) is 25.9 Å². The maximum Gasteiger partial charge on any atom is 0.222 e. The van der Waals surface area contributed by atoms with Crippen LogP contribution in [0.1, 0.15) is 19.3 Å². The molecule has 1 aliphatic heterocycles. The van der Waals surface area contributed by atoms with E-state index in [1.165, 1.54) is 0 Å². The minimum absolute atomic E-state index is 0.202. The van der Waals surface area contributed by atoms with Gasteiger partial charge in [-0.3, -0.25) is 4.79 Å². The minimum atomic E-state index is -0.568. The van der Waals surface area contributed by atoms with E-state index in [4.69, 9.17) is 14.9 Å². The fraction of sp³-hybridized carbons (Fsp3) is 0.909. The van der Waals surface area contributed by atoms with Crippen LogP contribution in [0.3, 0.4) is 0 Å². The first-order valence-corrected chi connectivity index (χ1v) is 6.09. The molecule has 6 heteroatoms. The lowest BCUT2D eigenvalue weighted by molar-refractivity contribution is -0.124. The second-order valence-corrected chi connectivity index (χ2v) is 4.20. The van der Waals surface area contributed by atoms with Crippen LogP contribution >= 0.6 is 0 Å². The highest BCUT2D eigenvalue weighted by molar-refractivity contribution is 5.76. The summed E-state index contributed by atoms with van der Waals surface area (Å²) >= 11 is 0. The molecule has 0 aliphatic carbocycles. The molecule has 0 unspecified atom stereocenters. The molecule has 0 saturated carbocycles. The summed E-state index contributed by atoms with van der Waals surface area (Å²) in [7, 11) is 0. The molecule has 0 aromatic heterocycles. The van der Waals surface area contributed by atoms with Gasteiger partial charge in [-0.1, -0.05) is 0 Å². The zero-order chi connectivity index (χ0) is 12.5. The number of aliphatic hydroxyl groups excluding tert-OH is 2. The lowest BCUT2D eigenvalue weighted by atomic mass is 10.1. The maximum absolute atomic E-state index is 11.4. The predicted molar refractivity (Wildman–Crippen MR) is 62.6 cm³/mol. The molecule has 1 heterocycles. The first-order chi connectivity index (χ1) is 8.26. The molecule has 0 bridgehead atoms. The van der Waals surface area contributed by atoms with Crippen LogP contribution in [0, 0.1) is 0 Å². The molecule has 0 aromatic carbocycles. The number of carbonyl (C=O) groups is 1. The van der Waals surface area contributed by atoms with Gasteiger partial charge in [0.1, 0.15) is 0 Å². The summed E-state index contributed by atoms with van der Waals surface area (Å²) in [6.07, 6.45) is 2.48. The van der Waals surface area contributed by atoms with Crippen molar-refractivity contribution in [1.82, 2.24) is 10.6 Å². The molecule has 100 valence electrons. The number of rotatable bonds is 7. The van der Waals surface area contributed by atoms with Gasteiger partial charge in [0.15, 0.2) is 0 Å². The average Bonchev–Trinajstić information content (AvgIpc) is 2.37. The van der Waals surface area contributed by atoms with Crippen LogP contribution in [0.15, 0.2) is 0 Å². The molecule has 1 saturated heterocycles. The van der Waals surface area contributed by atoms with E-state index in [2.05, 4.69) is 10.6 Å². The molecule has 0 atom stereocenters. The van der Waals surface area contributed by atoms with E-state index in [0.717, 1.165) is 25.9 Å². The Balaban J connectivity index is 2.06. The van der Waals surface area contributed by atoms with Crippen LogP contribution in [0.25, 0.3) is 0 Å². The number of hydrogen-bond donors (Lipinski definition) is 4. The van der Waals surface area contributed by atoms with Crippen LogP contribution in [0.5, 0.6) is 0 Å². The smallest absolute Gasteiger partial charge is 0.222 e. The van der Waals surface area contributed by atoms with E-state index < -0.39 is 6.04 Å². The summed E-state index contributed by atoms with van der Waals surface area (Å²) in [5.41, 5.74) is 0. The Morgan fingerprint density at radius 2 is 2.00 bits per heavy atom. The number of aliphatic hydroxyl groups is 2. The Morgan fingerprint density at radius 1 is 1.35 bits per heavy atom. The lowest BCUT2D eigenvalue weighted by Crippen LogP contribution is -2.40. The van der Waals surface area contributed by atoms with E-state index in [0.29, 0.717) is 6.61 Å². The number of piperidine rings is 1. The topological polar surface area (TPSA) is 90.8 Å². The minimum Gasteiger partial charge on any atom is -0.394 e. The van der Waals surface area contributed by atoms with E-state index in [1.807, 2.05) is 0 Å². The Labute approximate surface area is 101 Å². The third kappa shape index (κ3) is 5.97. The van der Waals surface area contributed by atoms with Crippen molar-refractivity contribution in [3.8, 4) is 0 Å². The zero-order valence-electron chi connectivity index (χ0n) is 10.0. The second-order valence-electron chi connectivity index (χ2n) is 4.20. The molecule has 1 rings (SSSR count). The SMILES string of the molecule is O=C(CCOC1CCNCC1)NC(CO)CO. The van der Waals surface area contributed by atoms with E-state index in [1.54, 1.807) is 0 Å². The Morgan fingerprint density at radius 3 is 2.59 bits per heavy atom. The molecular weight excluding hydrogens is 224 g/mol. The highest BCUT2D eigenvalue weighted by Crippen LogP contribution is 2.07. The highest BCUT2D eigenvalue weighted by atomic mass is 16.5. The summed E-state index contributed by atoms with van der Waals surface area (Å²) in [6.45, 7) is 1.82. The Bertz CT molecular complexity index is 216. The summed E-state index contributed by atoms with van der Waals surface area (Å²) in [5, 5.41) is 23.3. The van der Waals surface area contributed by atoms with Crippen LogP contribution in [-0.2, 0) is 9.53 Å². The van der Waals surface area contributed by atoms with Crippen molar-refractivity contribution in [3.63, 3.8) is 0 Å². The van der Waals surface area contributed by atoms with E-state index >= 15 is 0 Å². The normalized spacial score (nSPS) is 17.4. The summed E-state index contributed by atoms with van der Waals surface area (Å²) < 4.78 is 5.58. The Hall–Kier alpha value is -0.690. The molecule has 1 fully saturated rings. The van der Waals surface area contributed by atoms with E-state index in [9.17, 15) is 4.79 Å². The maximum atomic E-state index is 11.4. The summed E-state index contributed by atoms with van der Waals surface area (Å²) in [4.78, 5) is 11.4. The van der Waals surface area contributed by atoms with E-state index in [-0.39, 0.29) is 31.6 Å². The quantitative estimate of drug-likeness (QED) is 0.444. The predicted octanol–water partition coefficient (Wildman–Crippen LogP) is -1.39. The third-order valence-corrected chi connectivity index (χ3v) is 2.77. The van der Waals surface area contributed by atoms with Crippen LogP contribution in [0.4, 0.5) is 0 Å². The van der Waals surface area contributed by atoms with Crippen molar-refractivity contribution in [1.29, 1.82) is 0 Å². The first-order valence-electron chi connectivity index (χ1n) is 6.09. The highest BCUT2D eigenvalue weighted by Gasteiger charge is 2.14. The van der Waals surface area contributed by atoms with Gasteiger partial charge in [0.25, 0.3) is 0 Å². The zero-order valence-corrected chi connectivity index (χ0v) is 10.0. The molecule has 17 heavy (non-hydrogen) atoms. The first kappa shape index (κ1) is 14.4. The molecule has 1 amide bonds. The monoisotopic (exact) mass is 246 g/mol. The molecule has 0 aromatic rings. The lowest BCUT2D eigenvalue weighted by Gasteiger charge is -2.23. The van der Waals surface area contributed by atoms with Crippen molar-refractivity contribution in [2.24, 2.45) is 0 Å². The molecule has 1 aliphatic rings. The van der Waals surface area contributed by atoms with Crippen molar-refractivity contribution >= 4 is 5.91 Å². The van der Waals surface area contributed by atoms with Gasteiger partial charge in [-0.15, -0.1) is 0 Å². The summed E-state index contributed by atoms with van der Waals surface area (Å²) in [5.74, 6) is -0.202. The second kappa shape index (κ2) is 8.41. The van der Waals surface area contributed by atoms with Crippen molar-refractivity contribution in [2.45, 2.75) is 31.4 Å². The van der Waals surface area contributed by atoms with Gasteiger partial charge < -0.3 is 25.6 Å². The van der Waals surface area contributed by atoms with Gasteiger partial charge in [0, 0.05) is 6.42 Å². The van der Waals surface area contributed by atoms with Gasteiger partial charge in [0.2, 0.25) is 5.91 Å². The largest absolute Gasteiger partial charge is 0.394 e. The molecule has 6 nitrogen and oxygen atoms in total. The van der Waals surface area contributed by atoms with Crippen molar-refractivity contribution < 1.29 is 19.7 Å². The van der Waals surface area contributed by atoms with Gasteiger partial charge in [0.05, 0.1) is 32.0 Å². The standard InChI is InChI=1S/C11H22N2O4/c14-7-9(8-15)13-11(16)3-6-17-10-1-4-12-5-2-10/h9-10,12,14-15H,1-8H2,(H,13,16). The third-order valence-electron chi connectivity index (χ3n) is 2.77. The van der Waals surface area contributed by atoms with Gasteiger partial charge in [-0.2, -0.15) is 0 Å². The number of hydrogen-bond acceptors (Lipinski definition) is 5. The Kier molecular flexibility index (Phi) is 7.11. The van der Waals surface area contributed by atoms with Crippen LogP contribution in [-0.4, -0.2) is 61.2 Å². The molecular formula is C11H22N2O4. The number of amides is 1. The van der Waals surface area contributed by atoms with Gasteiger partial charge >= 0.3 is 0 Å². The molecule has 0 radical (unpaired) electrons. The number of carbonyl (C=O) groups excluding carboxylic acids is 1. The van der Waals surface area contributed by atoms with Crippen molar-refractivity contribution in [2.75, 3.05) is 32.9 Å². The fourth-order valence-corrected chi connectivity index (χ4v) is 1.73. The summed E-state index contributed by atoms with van der Waals surface area (Å²) in [6, 6.07) is -0.568. The van der Waals surface area contributed by atoms with Gasteiger partial charge in [-0.25, -0.2) is 0 Å².